The average molecular weight is 317 g/mol. The number of anilines is 2. The van der Waals surface area contributed by atoms with E-state index in [4.69, 9.17) is 22.7 Å². The van der Waals surface area contributed by atoms with Crippen molar-refractivity contribution in [3.05, 3.63) is 18.2 Å². The Morgan fingerprint density at radius 2 is 2.20 bits per heavy atom. The highest BCUT2D eigenvalue weighted by molar-refractivity contribution is 7.91. The van der Waals surface area contributed by atoms with Gasteiger partial charge in [-0.25, -0.2) is 4.79 Å². The number of benzene rings is 1. The number of nitrogens with one attached hydrogen (secondary N) is 2. The number of ether oxygens (including phenoxy) is 2. The van der Waals surface area contributed by atoms with Gasteiger partial charge in [-0.3, -0.25) is 5.32 Å². The molecule has 0 fully saturated rings. The Bertz CT molecular complexity index is 499. The number of thiocarbonyl (C=S) groups is 1. The minimum atomic E-state index is -1.30. The van der Waals surface area contributed by atoms with E-state index in [1.807, 2.05) is 0 Å². The van der Waals surface area contributed by atoms with Gasteiger partial charge in [0, 0.05) is 24.4 Å². The number of methoxy groups -OCH3 is 2. The summed E-state index contributed by atoms with van der Waals surface area (Å²) < 4.78 is 21.0. The second-order valence-electron chi connectivity index (χ2n) is 3.57. The zero-order chi connectivity index (χ0) is 15.1. The van der Waals surface area contributed by atoms with Gasteiger partial charge in [0.05, 0.1) is 18.5 Å². The number of nitrogen functional groups attached to an aromatic ring is 1. The molecule has 4 N–H and O–H groups in total. The van der Waals surface area contributed by atoms with Gasteiger partial charge in [0.2, 0.25) is 5.94 Å². The van der Waals surface area contributed by atoms with Crippen LogP contribution < -0.4 is 16.4 Å². The number of nitrogens with two attached hydrogens (primary N) is 1. The molecule has 1 aromatic carbocycles. The molecular formula is C11H15N3O4S2. The molecule has 0 spiro atoms. The number of carbonyl (C=O) groups excluding carboxylic acids is 1. The van der Waals surface area contributed by atoms with E-state index >= 15 is 0 Å². The second kappa shape index (κ2) is 7.90. The standard InChI is InChI=1S/C11H15N3O4S2/c1-17-6-20(16)7-3-4-8(12)9(5-7)13-10(19)14-11(15)18-2/h3-5H,6,12H2,1-2H3,(H2,13,14,15,19). The van der Waals surface area contributed by atoms with Crippen molar-refractivity contribution >= 4 is 46.0 Å². The van der Waals surface area contributed by atoms with Gasteiger partial charge in [0.15, 0.2) is 10.0 Å². The Hall–Kier alpha value is -1.55. The van der Waals surface area contributed by atoms with Crippen LogP contribution in [0.1, 0.15) is 0 Å². The minimum Gasteiger partial charge on any atom is -0.610 e. The maximum atomic E-state index is 11.8. The lowest BCUT2D eigenvalue weighted by Crippen LogP contribution is -2.34. The molecule has 1 rings (SSSR count). The van der Waals surface area contributed by atoms with Crippen molar-refractivity contribution in [3.63, 3.8) is 0 Å². The van der Waals surface area contributed by atoms with Crippen LogP contribution in [-0.4, -0.2) is 35.9 Å². The van der Waals surface area contributed by atoms with Gasteiger partial charge in [-0.05, 0) is 24.4 Å². The number of rotatable bonds is 4. The smallest absolute Gasteiger partial charge is 0.413 e. The van der Waals surface area contributed by atoms with Crippen LogP contribution in [0.5, 0.6) is 0 Å². The second-order valence-corrected chi connectivity index (χ2v) is 5.38. The van der Waals surface area contributed by atoms with Crippen LogP contribution in [0, 0.1) is 0 Å². The SMILES string of the molecule is COC[S+]([O-])c1ccc(N)c(NC(=S)NC(=O)OC)c1. The fraction of sp³-hybridized carbons (Fsp3) is 0.273. The fourth-order valence-corrected chi connectivity index (χ4v) is 2.27. The Balaban J connectivity index is 2.81. The third kappa shape index (κ3) is 4.85. The highest BCUT2D eigenvalue weighted by Crippen LogP contribution is 2.23. The molecule has 20 heavy (non-hydrogen) atoms. The molecule has 0 bridgehead atoms. The molecule has 0 aliphatic carbocycles. The van der Waals surface area contributed by atoms with E-state index in [2.05, 4.69) is 15.4 Å². The summed E-state index contributed by atoms with van der Waals surface area (Å²) in [7, 11) is 2.69. The van der Waals surface area contributed by atoms with Gasteiger partial charge < -0.3 is 25.1 Å². The van der Waals surface area contributed by atoms with Gasteiger partial charge in [-0.15, -0.1) is 0 Å². The lowest BCUT2D eigenvalue weighted by atomic mass is 10.3. The number of carbonyl (C=O) groups is 1. The summed E-state index contributed by atoms with van der Waals surface area (Å²) in [6, 6.07) is 4.80. The first-order valence-corrected chi connectivity index (χ1v) is 7.13. The van der Waals surface area contributed by atoms with E-state index in [0.29, 0.717) is 16.3 Å². The molecule has 110 valence electrons. The highest BCUT2D eigenvalue weighted by Gasteiger charge is 2.13. The quantitative estimate of drug-likeness (QED) is 0.432. The summed E-state index contributed by atoms with van der Waals surface area (Å²) in [5.74, 6) is 0.0776. The predicted molar refractivity (Wildman–Crippen MR) is 80.9 cm³/mol. The molecule has 9 heteroatoms. The normalized spacial score (nSPS) is 11.6. The molecular weight excluding hydrogens is 302 g/mol. The molecule has 0 saturated carbocycles. The molecule has 7 nitrogen and oxygen atoms in total. The summed E-state index contributed by atoms with van der Waals surface area (Å²) in [6.45, 7) is 0. The molecule has 0 radical (unpaired) electrons. The Labute approximate surface area is 125 Å². The number of hydrogen-bond donors (Lipinski definition) is 3. The van der Waals surface area contributed by atoms with Crippen LogP contribution in [0.2, 0.25) is 0 Å². The van der Waals surface area contributed by atoms with Crippen LogP contribution in [0.25, 0.3) is 0 Å². The molecule has 1 amide bonds. The molecule has 0 heterocycles. The zero-order valence-corrected chi connectivity index (χ0v) is 12.6. The largest absolute Gasteiger partial charge is 0.610 e. The van der Waals surface area contributed by atoms with Crippen molar-refractivity contribution in [1.29, 1.82) is 0 Å². The van der Waals surface area contributed by atoms with Crippen molar-refractivity contribution in [3.8, 4) is 0 Å². The van der Waals surface area contributed by atoms with Gasteiger partial charge in [-0.2, -0.15) is 0 Å². The molecule has 1 unspecified atom stereocenters. The monoisotopic (exact) mass is 317 g/mol. The third-order valence-corrected chi connectivity index (χ3v) is 3.60. The molecule has 0 aliphatic rings. The van der Waals surface area contributed by atoms with E-state index in [1.54, 1.807) is 18.2 Å². The average Bonchev–Trinajstić information content (AvgIpc) is 2.41. The minimum absolute atomic E-state index is 0.0261. The first-order chi connectivity index (χ1) is 9.47. The third-order valence-electron chi connectivity index (χ3n) is 2.16. The van der Waals surface area contributed by atoms with E-state index in [9.17, 15) is 9.35 Å². The Morgan fingerprint density at radius 1 is 1.50 bits per heavy atom. The highest BCUT2D eigenvalue weighted by atomic mass is 32.2. The molecule has 1 aromatic rings. The van der Waals surface area contributed by atoms with Gasteiger partial charge in [0.1, 0.15) is 0 Å². The van der Waals surface area contributed by atoms with Crippen LogP contribution in [-0.2, 0) is 20.6 Å². The van der Waals surface area contributed by atoms with Gasteiger partial charge >= 0.3 is 6.09 Å². The van der Waals surface area contributed by atoms with Gasteiger partial charge in [-0.1, -0.05) is 0 Å². The van der Waals surface area contributed by atoms with Crippen molar-refractivity contribution in [2.75, 3.05) is 31.2 Å². The summed E-state index contributed by atoms with van der Waals surface area (Å²) in [5.41, 5.74) is 6.62. The molecule has 1 atom stereocenters. The van der Waals surface area contributed by atoms with Gasteiger partial charge in [0.25, 0.3) is 0 Å². The number of amides is 1. The van der Waals surface area contributed by atoms with Crippen LogP contribution in [0.4, 0.5) is 16.2 Å². The Kier molecular flexibility index (Phi) is 6.52. The van der Waals surface area contributed by atoms with Crippen LogP contribution >= 0.6 is 12.2 Å². The van der Waals surface area contributed by atoms with E-state index in [0.717, 1.165) is 0 Å². The van der Waals surface area contributed by atoms with Crippen molar-refractivity contribution in [2.45, 2.75) is 4.90 Å². The van der Waals surface area contributed by atoms with E-state index in [1.165, 1.54) is 14.2 Å². The first-order valence-electron chi connectivity index (χ1n) is 5.40. The Morgan fingerprint density at radius 3 is 2.80 bits per heavy atom. The van der Waals surface area contributed by atoms with Crippen LogP contribution in [0.15, 0.2) is 23.1 Å². The maximum absolute atomic E-state index is 11.8. The summed E-state index contributed by atoms with van der Waals surface area (Å²) in [4.78, 5) is 11.5. The van der Waals surface area contributed by atoms with E-state index < -0.39 is 17.3 Å². The summed E-state index contributed by atoms with van der Waals surface area (Å²) in [6.07, 6.45) is -0.694. The molecule has 0 saturated heterocycles. The number of alkyl carbamates (subject to hydrolysis) is 1. The number of hydrogen-bond acceptors (Lipinski definition) is 6. The summed E-state index contributed by atoms with van der Waals surface area (Å²) in [5, 5.41) is 5.04. The first kappa shape index (κ1) is 16.5. The van der Waals surface area contributed by atoms with Crippen molar-refractivity contribution in [1.82, 2.24) is 5.32 Å². The lowest BCUT2D eigenvalue weighted by Gasteiger charge is -2.14. The molecule has 0 aliphatic heterocycles. The maximum Gasteiger partial charge on any atom is 0.413 e. The van der Waals surface area contributed by atoms with E-state index in [-0.39, 0.29) is 11.1 Å². The topological polar surface area (TPSA) is 109 Å². The molecule has 0 aromatic heterocycles. The summed E-state index contributed by atoms with van der Waals surface area (Å²) >= 11 is 3.62. The predicted octanol–water partition coefficient (Wildman–Crippen LogP) is 1.03. The van der Waals surface area contributed by atoms with Crippen LogP contribution in [0.3, 0.4) is 0 Å². The van der Waals surface area contributed by atoms with Crippen molar-refractivity contribution in [2.24, 2.45) is 0 Å². The fourth-order valence-electron chi connectivity index (χ4n) is 1.26. The lowest BCUT2D eigenvalue weighted by molar-refractivity contribution is 0.177. The zero-order valence-electron chi connectivity index (χ0n) is 11.0. The van der Waals surface area contributed by atoms with Crippen molar-refractivity contribution < 1.29 is 18.8 Å².